The molecule has 0 spiro atoms. The van der Waals surface area contributed by atoms with E-state index in [0.717, 1.165) is 89.9 Å². The van der Waals surface area contributed by atoms with E-state index in [1.807, 2.05) is 6.08 Å². The lowest BCUT2D eigenvalue weighted by Crippen LogP contribution is -2.45. The van der Waals surface area contributed by atoms with Crippen LogP contribution in [-0.2, 0) is 4.79 Å². The lowest BCUT2D eigenvalue weighted by atomic mass is 10.1. The molecule has 0 bridgehead atoms. The highest BCUT2D eigenvalue weighted by Gasteiger charge is 2.17. The number of allylic oxidation sites excluding steroid dienone is 13. The molecule has 0 aromatic heterocycles. The van der Waals surface area contributed by atoms with Crippen LogP contribution in [0.1, 0.15) is 117 Å². The summed E-state index contributed by atoms with van der Waals surface area (Å²) in [6, 6.07) is -0.660. The van der Waals surface area contributed by atoms with Gasteiger partial charge >= 0.3 is 0 Å². The number of amides is 1. The fourth-order valence-electron chi connectivity index (χ4n) is 3.91. The molecule has 3 N–H and O–H groups in total. The summed E-state index contributed by atoms with van der Waals surface area (Å²) in [4.78, 5) is 12.2. The number of hydrogen-bond donors (Lipinski definition) is 3. The highest BCUT2D eigenvalue weighted by molar-refractivity contribution is 5.76. The van der Waals surface area contributed by atoms with Gasteiger partial charge in [0.05, 0.1) is 18.8 Å². The maximum atomic E-state index is 12.2. The minimum Gasteiger partial charge on any atom is -0.394 e. The van der Waals surface area contributed by atoms with Crippen LogP contribution in [0.5, 0.6) is 0 Å². The average molecular weight is 554 g/mol. The summed E-state index contributed by atoms with van der Waals surface area (Å²) in [6.45, 7) is 4.05. The van der Waals surface area contributed by atoms with Crippen molar-refractivity contribution in [1.29, 1.82) is 0 Å². The Labute approximate surface area is 246 Å². The molecular formula is C36H59NO3. The van der Waals surface area contributed by atoms with E-state index in [4.69, 9.17) is 0 Å². The number of rotatable bonds is 26. The van der Waals surface area contributed by atoms with E-state index in [1.165, 1.54) is 6.42 Å². The molecule has 1 amide bonds. The first-order valence-corrected chi connectivity index (χ1v) is 15.8. The molecule has 0 radical (unpaired) electrons. The van der Waals surface area contributed by atoms with Crippen molar-refractivity contribution in [1.82, 2.24) is 5.32 Å². The summed E-state index contributed by atoms with van der Waals surface area (Å²) < 4.78 is 0. The van der Waals surface area contributed by atoms with Gasteiger partial charge < -0.3 is 15.5 Å². The third-order valence-corrected chi connectivity index (χ3v) is 6.32. The van der Waals surface area contributed by atoms with Crippen molar-refractivity contribution in [3.8, 4) is 0 Å². The largest absolute Gasteiger partial charge is 0.394 e. The van der Waals surface area contributed by atoms with Gasteiger partial charge in [-0.25, -0.2) is 0 Å². The Morgan fingerprint density at radius 3 is 1.70 bits per heavy atom. The van der Waals surface area contributed by atoms with Gasteiger partial charge in [-0.2, -0.15) is 0 Å². The molecule has 0 aliphatic carbocycles. The average Bonchev–Trinajstić information content (AvgIpc) is 2.96. The molecule has 0 aliphatic rings. The molecule has 226 valence electrons. The zero-order valence-corrected chi connectivity index (χ0v) is 25.6. The minimum absolute atomic E-state index is 0.110. The molecule has 40 heavy (non-hydrogen) atoms. The van der Waals surface area contributed by atoms with Crippen molar-refractivity contribution in [3.05, 3.63) is 85.1 Å². The van der Waals surface area contributed by atoms with E-state index in [0.29, 0.717) is 6.42 Å². The fraction of sp³-hybridized carbons (Fsp3) is 0.583. The zero-order valence-electron chi connectivity index (χ0n) is 25.6. The van der Waals surface area contributed by atoms with E-state index >= 15 is 0 Å². The molecular weight excluding hydrogens is 494 g/mol. The Bertz CT molecular complexity index is 773. The van der Waals surface area contributed by atoms with Crippen LogP contribution in [0.3, 0.4) is 0 Å². The summed E-state index contributed by atoms with van der Waals surface area (Å²) in [5.41, 5.74) is 0. The number of nitrogens with one attached hydrogen (secondary N) is 1. The third-order valence-electron chi connectivity index (χ3n) is 6.32. The monoisotopic (exact) mass is 553 g/mol. The summed E-state index contributed by atoms with van der Waals surface area (Å²) in [5, 5.41) is 22.7. The van der Waals surface area contributed by atoms with Gasteiger partial charge in [-0.1, -0.05) is 118 Å². The van der Waals surface area contributed by atoms with Crippen molar-refractivity contribution in [2.75, 3.05) is 6.61 Å². The Hall–Kier alpha value is -2.43. The van der Waals surface area contributed by atoms with Crippen molar-refractivity contribution >= 4 is 5.91 Å². The van der Waals surface area contributed by atoms with E-state index in [9.17, 15) is 15.0 Å². The van der Waals surface area contributed by atoms with Crippen molar-refractivity contribution in [2.24, 2.45) is 0 Å². The molecule has 0 aromatic rings. The maximum absolute atomic E-state index is 12.2. The smallest absolute Gasteiger partial charge is 0.220 e. The maximum Gasteiger partial charge on any atom is 0.220 e. The summed E-state index contributed by atoms with van der Waals surface area (Å²) >= 11 is 0. The number of aliphatic hydroxyl groups excluding tert-OH is 2. The molecule has 0 saturated carbocycles. The predicted molar refractivity (Wildman–Crippen MR) is 174 cm³/mol. The molecule has 0 heterocycles. The number of aliphatic hydroxyl groups is 2. The Balaban J connectivity index is 3.83. The molecule has 0 aromatic carbocycles. The van der Waals surface area contributed by atoms with Gasteiger partial charge in [-0.15, -0.1) is 0 Å². The Kier molecular flexibility index (Phi) is 29.2. The molecule has 0 rings (SSSR count). The van der Waals surface area contributed by atoms with Gasteiger partial charge in [0.15, 0.2) is 0 Å². The quantitative estimate of drug-likeness (QED) is 0.0739. The molecule has 0 saturated heterocycles. The van der Waals surface area contributed by atoms with Crippen LogP contribution >= 0.6 is 0 Å². The number of carbonyl (C=O) groups is 1. The minimum atomic E-state index is -0.882. The van der Waals surface area contributed by atoms with Crippen LogP contribution in [-0.4, -0.2) is 34.9 Å². The second-order valence-electron chi connectivity index (χ2n) is 10.1. The van der Waals surface area contributed by atoms with Gasteiger partial charge in [0.25, 0.3) is 0 Å². The highest BCUT2D eigenvalue weighted by atomic mass is 16.3. The van der Waals surface area contributed by atoms with E-state index in [2.05, 4.69) is 92.1 Å². The van der Waals surface area contributed by atoms with Crippen LogP contribution in [0.2, 0.25) is 0 Å². The molecule has 2 atom stereocenters. The van der Waals surface area contributed by atoms with Gasteiger partial charge in [0.1, 0.15) is 0 Å². The first-order valence-electron chi connectivity index (χ1n) is 15.8. The summed E-state index contributed by atoms with van der Waals surface area (Å²) in [7, 11) is 0. The van der Waals surface area contributed by atoms with Crippen LogP contribution in [0.15, 0.2) is 85.1 Å². The van der Waals surface area contributed by atoms with Crippen molar-refractivity contribution in [2.45, 2.75) is 129 Å². The Morgan fingerprint density at radius 2 is 1.12 bits per heavy atom. The first kappa shape index (κ1) is 37.6. The molecule has 0 aliphatic heterocycles. The summed E-state index contributed by atoms with van der Waals surface area (Å²) in [6.07, 6.45) is 45.1. The van der Waals surface area contributed by atoms with Crippen LogP contribution in [0, 0.1) is 0 Å². The van der Waals surface area contributed by atoms with E-state index in [-0.39, 0.29) is 12.5 Å². The third kappa shape index (κ3) is 27.1. The standard InChI is InChI=1S/C36H59NO3/c1-3-5-7-9-11-13-15-16-17-18-19-20-22-24-26-28-30-32-36(40)37-34(33-38)35(39)31-29-27-25-23-21-14-12-10-8-6-4-2/h5,7-8,10-11,13,16-17,19-21,23,29,31,34-35,38-39H,3-4,6,9,12,14-15,18,22,24-28,30,32-33H2,1-2H3,(H,37,40)/b7-5-,10-8+,13-11-,17-16-,20-19-,23-21+,31-29+. The molecule has 4 nitrogen and oxygen atoms in total. The van der Waals surface area contributed by atoms with Crippen LogP contribution in [0.4, 0.5) is 0 Å². The fourth-order valence-corrected chi connectivity index (χ4v) is 3.91. The molecule has 2 unspecified atom stereocenters. The Morgan fingerprint density at radius 1 is 0.625 bits per heavy atom. The first-order chi connectivity index (χ1) is 19.7. The van der Waals surface area contributed by atoms with Crippen LogP contribution in [0.25, 0.3) is 0 Å². The number of unbranched alkanes of at least 4 members (excludes halogenated alkanes) is 7. The lowest BCUT2D eigenvalue weighted by molar-refractivity contribution is -0.123. The second-order valence-corrected chi connectivity index (χ2v) is 10.1. The van der Waals surface area contributed by atoms with Gasteiger partial charge in [0, 0.05) is 6.42 Å². The van der Waals surface area contributed by atoms with Gasteiger partial charge in [0.2, 0.25) is 5.91 Å². The van der Waals surface area contributed by atoms with E-state index in [1.54, 1.807) is 6.08 Å². The molecule has 0 fully saturated rings. The number of hydrogen-bond acceptors (Lipinski definition) is 3. The number of carbonyl (C=O) groups excluding carboxylic acids is 1. The van der Waals surface area contributed by atoms with Gasteiger partial charge in [-0.05, 0) is 77.0 Å². The topological polar surface area (TPSA) is 69.6 Å². The normalized spacial score (nSPS) is 14.4. The van der Waals surface area contributed by atoms with Crippen molar-refractivity contribution in [3.63, 3.8) is 0 Å². The lowest BCUT2D eigenvalue weighted by Gasteiger charge is -2.19. The highest BCUT2D eigenvalue weighted by Crippen LogP contribution is 2.08. The zero-order chi connectivity index (χ0) is 29.4. The van der Waals surface area contributed by atoms with Gasteiger partial charge in [-0.3, -0.25) is 4.79 Å². The summed E-state index contributed by atoms with van der Waals surface area (Å²) in [5.74, 6) is -0.110. The second kappa shape index (κ2) is 31.1. The molecule has 4 heteroatoms. The van der Waals surface area contributed by atoms with Crippen LogP contribution < -0.4 is 5.32 Å². The predicted octanol–water partition coefficient (Wildman–Crippen LogP) is 9.00. The van der Waals surface area contributed by atoms with Crippen molar-refractivity contribution < 1.29 is 15.0 Å². The SMILES string of the molecule is CC/C=C\C/C=C\C/C=C\C/C=C\CCCCCCC(=O)NC(CO)C(O)/C=C/CC/C=C/CC/C=C/CCC. The van der Waals surface area contributed by atoms with E-state index < -0.39 is 12.1 Å².